The van der Waals surface area contributed by atoms with Gasteiger partial charge in [-0.25, -0.2) is 0 Å². The molecule has 5 nitrogen and oxygen atoms in total. The Labute approximate surface area is 119 Å². The molecule has 0 aliphatic rings. The number of aromatic nitrogens is 3. The van der Waals surface area contributed by atoms with Crippen LogP contribution in [-0.4, -0.2) is 37.8 Å². The summed E-state index contributed by atoms with van der Waals surface area (Å²) in [5.41, 5.74) is 0.977. The summed E-state index contributed by atoms with van der Waals surface area (Å²) in [6.45, 7) is 1.86. The van der Waals surface area contributed by atoms with E-state index in [1.54, 1.807) is 11.8 Å². The summed E-state index contributed by atoms with van der Waals surface area (Å²) in [4.78, 5) is 11.8. The van der Waals surface area contributed by atoms with Crippen molar-refractivity contribution >= 4 is 29.5 Å². The van der Waals surface area contributed by atoms with Crippen molar-refractivity contribution in [1.29, 1.82) is 0 Å². The zero-order valence-electron chi connectivity index (χ0n) is 10.5. The average Bonchev–Trinajstić information content (AvgIpc) is 2.77. The Balaban J connectivity index is 2.43. The van der Waals surface area contributed by atoms with E-state index in [1.165, 1.54) is 11.8 Å². The van der Waals surface area contributed by atoms with Crippen LogP contribution < -0.4 is 0 Å². The zero-order valence-corrected chi connectivity index (χ0v) is 12.2. The highest BCUT2D eigenvalue weighted by Crippen LogP contribution is 2.28. The Bertz CT molecular complexity index is 598. The van der Waals surface area contributed by atoms with Gasteiger partial charge < -0.3 is 5.11 Å². The maximum atomic E-state index is 10.7. The molecular formula is C12H13N3O2S2. The van der Waals surface area contributed by atoms with Crippen molar-refractivity contribution in [1.82, 2.24) is 14.8 Å². The van der Waals surface area contributed by atoms with Gasteiger partial charge >= 0.3 is 5.97 Å². The van der Waals surface area contributed by atoms with Gasteiger partial charge in [0, 0.05) is 4.90 Å². The molecule has 1 heterocycles. The van der Waals surface area contributed by atoms with E-state index in [4.69, 9.17) is 5.11 Å². The molecule has 0 radical (unpaired) electrons. The van der Waals surface area contributed by atoms with Crippen LogP contribution in [0.3, 0.4) is 0 Å². The maximum absolute atomic E-state index is 10.7. The van der Waals surface area contributed by atoms with Gasteiger partial charge in [-0.2, -0.15) is 0 Å². The van der Waals surface area contributed by atoms with Crippen molar-refractivity contribution < 1.29 is 9.90 Å². The molecule has 0 fully saturated rings. The van der Waals surface area contributed by atoms with Gasteiger partial charge in [-0.1, -0.05) is 23.9 Å². The molecule has 100 valence electrons. The van der Waals surface area contributed by atoms with E-state index >= 15 is 0 Å². The number of carboxylic acid groups (broad SMARTS) is 1. The van der Waals surface area contributed by atoms with Crippen LogP contribution in [0.2, 0.25) is 0 Å². The molecule has 0 spiro atoms. The van der Waals surface area contributed by atoms with Crippen molar-refractivity contribution in [2.24, 2.45) is 0 Å². The van der Waals surface area contributed by atoms with Crippen molar-refractivity contribution in [3.8, 4) is 5.69 Å². The van der Waals surface area contributed by atoms with Gasteiger partial charge in [-0.3, -0.25) is 9.36 Å². The summed E-state index contributed by atoms with van der Waals surface area (Å²) >= 11 is 2.80. The summed E-state index contributed by atoms with van der Waals surface area (Å²) in [6, 6.07) is 7.91. The molecule has 7 heteroatoms. The van der Waals surface area contributed by atoms with Crippen LogP contribution in [0, 0.1) is 6.92 Å². The summed E-state index contributed by atoms with van der Waals surface area (Å²) < 4.78 is 1.89. The Hall–Kier alpha value is -1.47. The number of para-hydroxylation sites is 1. The van der Waals surface area contributed by atoms with E-state index in [0.717, 1.165) is 16.4 Å². The van der Waals surface area contributed by atoms with Crippen LogP contribution in [0.1, 0.15) is 5.82 Å². The lowest BCUT2D eigenvalue weighted by Gasteiger charge is -2.11. The molecule has 0 bridgehead atoms. The smallest absolute Gasteiger partial charge is 0.313 e. The van der Waals surface area contributed by atoms with Crippen molar-refractivity contribution in [2.45, 2.75) is 17.0 Å². The van der Waals surface area contributed by atoms with E-state index < -0.39 is 5.97 Å². The number of carbonyl (C=O) groups is 1. The van der Waals surface area contributed by atoms with Gasteiger partial charge in [0.15, 0.2) is 5.16 Å². The normalized spacial score (nSPS) is 10.6. The van der Waals surface area contributed by atoms with Gasteiger partial charge in [0.2, 0.25) is 0 Å². The first-order chi connectivity index (χ1) is 9.13. The summed E-state index contributed by atoms with van der Waals surface area (Å²) in [5.74, 6) is -0.149. The van der Waals surface area contributed by atoms with Crippen LogP contribution in [0.5, 0.6) is 0 Å². The number of hydrogen-bond donors (Lipinski definition) is 1. The van der Waals surface area contributed by atoms with Crippen LogP contribution in [0.25, 0.3) is 5.69 Å². The number of rotatable bonds is 5. The fourth-order valence-corrected chi connectivity index (χ4v) is 2.95. The largest absolute Gasteiger partial charge is 0.481 e. The van der Waals surface area contributed by atoms with Gasteiger partial charge in [-0.15, -0.1) is 22.0 Å². The molecular weight excluding hydrogens is 282 g/mol. The minimum absolute atomic E-state index is 0.0282. The minimum Gasteiger partial charge on any atom is -0.481 e. The summed E-state index contributed by atoms with van der Waals surface area (Å²) in [7, 11) is 0. The number of aryl methyl sites for hydroxylation is 1. The Morgan fingerprint density at radius 1 is 1.37 bits per heavy atom. The monoisotopic (exact) mass is 295 g/mol. The molecule has 19 heavy (non-hydrogen) atoms. The van der Waals surface area contributed by atoms with Gasteiger partial charge in [0.25, 0.3) is 0 Å². The molecule has 1 N–H and O–H groups in total. The highest BCUT2D eigenvalue weighted by Gasteiger charge is 2.14. The molecule has 0 aliphatic carbocycles. The second-order valence-electron chi connectivity index (χ2n) is 3.72. The topological polar surface area (TPSA) is 68.0 Å². The minimum atomic E-state index is -0.865. The van der Waals surface area contributed by atoms with Gasteiger partial charge in [0.05, 0.1) is 11.4 Å². The molecule has 1 aromatic carbocycles. The third kappa shape index (κ3) is 3.10. The molecule has 2 rings (SSSR count). The maximum Gasteiger partial charge on any atom is 0.313 e. The lowest BCUT2D eigenvalue weighted by molar-refractivity contribution is -0.133. The highest BCUT2D eigenvalue weighted by molar-refractivity contribution is 7.99. The van der Waals surface area contributed by atoms with Crippen LogP contribution >= 0.6 is 23.5 Å². The number of carboxylic acids is 1. The standard InChI is InChI=1S/C12H13N3O2S2/c1-8-13-14-12(19-7-11(16)17)15(8)9-5-3-4-6-10(9)18-2/h3-6H,7H2,1-2H3,(H,16,17). The third-order valence-electron chi connectivity index (χ3n) is 2.45. The van der Waals surface area contributed by atoms with E-state index in [2.05, 4.69) is 10.2 Å². The Morgan fingerprint density at radius 2 is 2.11 bits per heavy atom. The van der Waals surface area contributed by atoms with Crippen molar-refractivity contribution in [3.05, 3.63) is 30.1 Å². The molecule has 0 atom stereocenters. The number of thioether (sulfide) groups is 2. The van der Waals surface area contributed by atoms with E-state index in [9.17, 15) is 4.79 Å². The lowest BCUT2D eigenvalue weighted by Crippen LogP contribution is -2.04. The second-order valence-corrected chi connectivity index (χ2v) is 5.51. The van der Waals surface area contributed by atoms with E-state index in [1.807, 2.05) is 42.0 Å². The first-order valence-corrected chi connectivity index (χ1v) is 7.74. The molecule has 0 unspecified atom stereocenters. The molecule has 2 aromatic rings. The van der Waals surface area contributed by atoms with Crippen LogP contribution in [-0.2, 0) is 4.79 Å². The summed E-state index contributed by atoms with van der Waals surface area (Å²) in [6.07, 6.45) is 2.00. The number of aliphatic carboxylic acids is 1. The van der Waals surface area contributed by atoms with E-state index in [-0.39, 0.29) is 5.75 Å². The second kappa shape index (κ2) is 6.12. The highest BCUT2D eigenvalue weighted by atomic mass is 32.2. The number of benzene rings is 1. The fourth-order valence-electron chi connectivity index (χ4n) is 1.65. The number of nitrogens with zero attached hydrogens (tertiary/aromatic N) is 3. The van der Waals surface area contributed by atoms with Crippen molar-refractivity contribution in [3.63, 3.8) is 0 Å². The summed E-state index contributed by atoms with van der Waals surface area (Å²) in [5, 5.41) is 17.4. The Morgan fingerprint density at radius 3 is 2.79 bits per heavy atom. The third-order valence-corrected chi connectivity index (χ3v) is 4.14. The predicted octanol–water partition coefficient (Wildman–Crippen LogP) is 2.47. The zero-order chi connectivity index (χ0) is 13.8. The first-order valence-electron chi connectivity index (χ1n) is 5.53. The SMILES string of the molecule is CSc1ccccc1-n1c(C)nnc1SCC(=O)O. The van der Waals surface area contributed by atoms with Gasteiger partial charge in [0.1, 0.15) is 5.82 Å². The fraction of sp³-hybridized carbons (Fsp3) is 0.250. The molecule has 0 saturated heterocycles. The number of hydrogen-bond acceptors (Lipinski definition) is 5. The Kier molecular flexibility index (Phi) is 4.49. The quantitative estimate of drug-likeness (QED) is 0.855. The molecule has 1 aromatic heterocycles. The first kappa shape index (κ1) is 14.0. The molecule has 0 aliphatic heterocycles. The van der Waals surface area contributed by atoms with Gasteiger partial charge in [-0.05, 0) is 25.3 Å². The molecule has 0 amide bonds. The van der Waals surface area contributed by atoms with Crippen LogP contribution in [0.4, 0.5) is 0 Å². The van der Waals surface area contributed by atoms with E-state index in [0.29, 0.717) is 5.16 Å². The predicted molar refractivity (Wildman–Crippen MR) is 76.2 cm³/mol. The molecule has 0 saturated carbocycles. The van der Waals surface area contributed by atoms with Crippen molar-refractivity contribution in [2.75, 3.05) is 12.0 Å². The average molecular weight is 295 g/mol. The van der Waals surface area contributed by atoms with Crippen LogP contribution in [0.15, 0.2) is 34.3 Å². The lowest BCUT2D eigenvalue weighted by atomic mass is 10.3.